The molecule has 0 aliphatic heterocycles. The lowest BCUT2D eigenvalue weighted by Crippen LogP contribution is -2.39. The lowest BCUT2D eigenvalue weighted by molar-refractivity contribution is 0.693. The molecule has 0 aliphatic rings. The van der Waals surface area contributed by atoms with Gasteiger partial charge in [0.2, 0.25) is 0 Å². The van der Waals surface area contributed by atoms with E-state index in [1.165, 1.54) is 5.56 Å². The Morgan fingerprint density at radius 2 is 1.58 bits per heavy atom. The predicted octanol–water partition coefficient (Wildman–Crippen LogP) is 3.46. The molecule has 2 aromatic carbocycles. The second-order valence-electron chi connectivity index (χ2n) is 5.84. The Bertz CT molecular complexity index is 596. The highest BCUT2D eigenvalue weighted by Gasteiger charge is 2.05. The zero-order valence-electron chi connectivity index (χ0n) is 14.6. The van der Waals surface area contributed by atoms with Gasteiger partial charge in [0.1, 0.15) is 0 Å². The zero-order chi connectivity index (χ0) is 17.0. The van der Waals surface area contributed by atoms with Crippen molar-refractivity contribution in [3.05, 3.63) is 66.2 Å². The van der Waals surface area contributed by atoms with Crippen LogP contribution in [0.5, 0.6) is 0 Å². The molecule has 2 rings (SSSR count). The van der Waals surface area contributed by atoms with Gasteiger partial charge in [-0.05, 0) is 30.0 Å². The molecule has 3 N–H and O–H groups in total. The molecule has 0 radical (unpaired) electrons. The lowest BCUT2D eigenvalue weighted by atomic mass is 10.0. The molecule has 0 amide bonds. The highest BCUT2D eigenvalue weighted by molar-refractivity contribution is 5.79. The molecule has 0 aromatic heterocycles. The maximum atomic E-state index is 4.28. The minimum atomic E-state index is 0.449. The number of nitrogens with zero attached hydrogens (tertiary/aromatic N) is 1. The Labute approximate surface area is 145 Å². The molecule has 0 saturated heterocycles. The smallest absolute Gasteiger partial charge is 0.190 e. The van der Waals surface area contributed by atoms with Crippen LogP contribution in [-0.2, 0) is 0 Å². The molecule has 24 heavy (non-hydrogen) atoms. The van der Waals surface area contributed by atoms with Crippen molar-refractivity contribution in [2.75, 3.05) is 32.0 Å². The first-order chi connectivity index (χ1) is 11.8. The summed E-state index contributed by atoms with van der Waals surface area (Å²) in [6.45, 7) is 4.92. The Morgan fingerprint density at radius 1 is 0.917 bits per heavy atom. The average molecular weight is 324 g/mol. The standard InChI is InChI=1S/C20H28N4/c1-17(18-10-5-3-6-11-18)16-24-20(21-2)23-15-9-14-22-19-12-7-4-8-13-19/h3-8,10-13,17,22H,9,14-16H2,1-2H3,(H2,21,23,24). The fourth-order valence-electron chi connectivity index (χ4n) is 2.45. The van der Waals surface area contributed by atoms with E-state index in [9.17, 15) is 0 Å². The Kier molecular flexibility index (Phi) is 7.68. The predicted molar refractivity (Wildman–Crippen MR) is 104 cm³/mol. The first-order valence-electron chi connectivity index (χ1n) is 8.58. The first kappa shape index (κ1) is 17.9. The number of benzene rings is 2. The number of para-hydroxylation sites is 1. The van der Waals surface area contributed by atoms with Crippen LogP contribution in [0.15, 0.2) is 65.7 Å². The van der Waals surface area contributed by atoms with E-state index in [-0.39, 0.29) is 0 Å². The van der Waals surface area contributed by atoms with Gasteiger partial charge in [0.15, 0.2) is 5.96 Å². The van der Waals surface area contributed by atoms with Crippen LogP contribution in [0.2, 0.25) is 0 Å². The van der Waals surface area contributed by atoms with E-state index < -0.39 is 0 Å². The summed E-state index contributed by atoms with van der Waals surface area (Å²) in [7, 11) is 1.81. The molecular formula is C20H28N4. The van der Waals surface area contributed by atoms with Gasteiger partial charge in [-0.15, -0.1) is 0 Å². The van der Waals surface area contributed by atoms with Crippen LogP contribution >= 0.6 is 0 Å². The van der Waals surface area contributed by atoms with Crippen LogP contribution < -0.4 is 16.0 Å². The van der Waals surface area contributed by atoms with Crippen molar-refractivity contribution < 1.29 is 0 Å². The van der Waals surface area contributed by atoms with E-state index >= 15 is 0 Å². The largest absolute Gasteiger partial charge is 0.385 e. The highest BCUT2D eigenvalue weighted by atomic mass is 15.2. The van der Waals surface area contributed by atoms with Gasteiger partial charge in [0.25, 0.3) is 0 Å². The van der Waals surface area contributed by atoms with Crippen LogP contribution in [0.4, 0.5) is 5.69 Å². The average Bonchev–Trinajstić information content (AvgIpc) is 2.65. The van der Waals surface area contributed by atoms with Gasteiger partial charge in [0, 0.05) is 32.4 Å². The molecule has 128 valence electrons. The van der Waals surface area contributed by atoms with Gasteiger partial charge in [-0.25, -0.2) is 0 Å². The van der Waals surface area contributed by atoms with E-state index in [4.69, 9.17) is 0 Å². The number of hydrogen-bond donors (Lipinski definition) is 3. The van der Waals surface area contributed by atoms with E-state index in [0.717, 1.165) is 37.7 Å². The fourth-order valence-corrected chi connectivity index (χ4v) is 2.45. The molecule has 1 unspecified atom stereocenters. The Hall–Kier alpha value is -2.49. The third kappa shape index (κ3) is 6.32. The van der Waals surface area contributed by atoms with Crippen LogP contribution in [0.3, 0.4) is 0 Å². The first-order valence-corrected chi connectivity index (χ1v) is 8.58. The topological polar surface area (TPSA) is 48.5 Å². The van der Waals surface area contributed by atoms with E-state index in [0.29, 0.717) is 5.92 Å². The molecule has 2 aromatic rings. The maximum Gasteiger partial charge on any atom is 0.190 e. The van der Waals surface area contributed by atoms with Crippen LogP contribution in [0.25, 0.3) is 0 Å². The SMILES string of the molecule is CN=C(NCCCNc1ccccc1)NCC(C)c1ccccc1. The Morgan fingerprint density at radius 3 is 2.25 bits per heavy atom. The van der Waals surface area contributed by atoms with Crippen molar-refractivity contribution in [2.45, 2.75) is 19.3 Å². The summed E-state index contributed by atoms with van der Waals surface area (Å²) in [6.07, 6.45) is 1.03. The van der Waals surface area contributed by atoms with E-state index in [1.54, 1.807) is 0 Å². The monoisotopic (exact) mass is 324 g/mol. The second kappa shape index (κ2) is 10.3. The molecule has 4 heteroatoms. The van der Waals surface area contributed by atoms with Gasteiger partial charge in [0.05, 0.1) is 0 Å². The van der Waals surface area contributed by atoms with Gasteiger partial charge < -0.3 is 16.0 Å². The number of rotatable bonds is 8. The summed E-state index contributed by atoms with van der Waals surface area (Å²) >= 11 is 0. The lowest BCUT2D eigenvalue weighted by Gasteiger charge is -2.16. The molecule has 0 saturated carbocycles. The van der Waals surface area contributed by atoms with Crippen molar-refractivity contribution in [1.29, 1.82) is 0 Å². The number of nitrogens with one attached hydrogen (secondary N) is 3. The van der Waals surface area contributed by atoms with Crippen molar-refractivity contribution in [2.24, 2.45) is 4.99 Å². The van der Waals surface area contributed by atoms with Crippen molar-refractivity contribution >= 4 is 11.6 Å². The maximum absolute atomic E-state index is 4.28. The van der Waals surface area contributed by atoms with Crippen molar-refractivity contribution in [3.8, 4) is 0 Å². The molecule has 0 fully saturated rings. The molecule has 0 heterocycles. The minimum Gasteiger partial charge on any atom is -0.385 e. The summed E-state index contributed by atoms with van der Waals surface area (Å²) in [4.78, 5) is 4.28. The fraction of sp³-hybridized carbons (Fsp3) is 0.350. The number of anilines is 1. The van der Waals surface area contributed by atoms with Crippen molar-refractivity contribution in [3.63, 3.8) is 0 Å². The molecule has 0 aliphatic carbocycles. The van der Waals surface area contributed by atoms with Gasteiger partial charge >= 0.3 is 0 Å². The van der Waals surface area contributed by atoms with Crippen LogP contribution in [-0.4, -0.2) is 32.6 Å². The third-order valence-electron chi connectivity index (χ3n) is 3.92. The number of hydrogen-bond acceptors (Lipinski definition) is 2. The molecule has 0 spiro atoms. The summed E-state index contributed by atoms with van der Waals surface area (Å²) in [5.41, 5.74) is 2.50. The number of guanidine groups is 1. The molecule has 4 nitrogen and oxygen atoms in total. The summed E-state index contributed by atoms with van der Waals surface area (Å²) in [5, 5.41) is 10.2. The highest BCUT2D eigenvalue weighted by Crippen LogP contribution is 2.12. The van der Waals surface area contributed by atoms with Crippen molar-refractivity contribution in [1.82, 2.24) is 10.6 Å². The minimum absolute atomic E-state index is 0.449. The normalized spacial score (nSPS) is 12.5. The van der Waals surface area contributed by atoms with E-state index in [1.807, 2.05) is 31.3 Å². The molecule has 0 bridgehead atoms. The molecular weight excluding hydrogens is 296 g/mol. The van der Waals surface area contributed by atoms with Gasteiger partial charge in [-0.2, -0.15) is 0 Å². The van der Waals surface area contributed by atoms with Crippen LogP contribution in [0, 0.1) is 0 Å². The Balaban J connectivity index is 1.62. The number of aliphatic imine (C=N–C) groups is 1. The summed E-state index contributed by atoms with van der Waals surface area (Å²) < 4.78 is 0. The third-order valence-corrected chi connectivity index (χ3v) is 3.92. The molecule has 1 atom stereocenters. The summed E-state index contributed by atoms with van der Waals surface area (Å²) in [6, 6.07) is 20.8. The van der Waals surface area contributed by atoms with E-state index in [2.05, 4.69) is 64.3 Å². The quantitative estimate of drug-likeness (QED) is 0.396. The van der Waals surface area contributed by atoms with Gasteiger partial charge in [-0.1, -0.05) is 55.5 Å². The zero-order valence-corrected chi connectivity index (χ0v) is 14.6. The van der Waals surface area contributed by atoms with Crippen LogP contribution in [0.1, 0.15) is 24.8 Å². The van der Waals surface area contributed by atoms with Gasteiger partial charge in [-0.3, -0.25) is 4.99 Å². The summed E-state index contributed by atoms with van der Waals surface area (Å²) in [5.74, 6) is 1.31. The second-order valence-corrected chi connectivity index (χ2v) is 5.84.